The number of amides is 1. The lowest BCUT2D eigenvalue weighted by atomic mass is 10.0. The molecule has 4 nitrogen and oxygen atoms in total. The van der Waals surface area contributed by atoms with Crippen molar-refractivity contribution < 1.29 is 22.4 Å². The van der Waals surface area contributed by atoms with E-state index in [2.05, 4.69) is 23.1 Å². The van der Waals surface area contributed by atoms with E-state index < -0.39 is 18.0 Å². The van der Waals surface area contributed by atoms with E-state index in [-0.39, 0.29) is 37.6 Å². The van der Waals surface area contributed by atoms with Gasteiger partial charge < -0.3 is 9.80 Å². The number of anilines is 2. The monoisotopic (exact) mass is 495 g/mol. The Labute approximate surface area is 207 Å². The Balaban J connectivity index is 1.26. The van der Waals surface area contributed by atoms with Gasteiger partial charge in [0.2, 0.25) is 0 Å². The summed E-state index contributed by atoms with van der Waals surface area (Å²) in [6.45, 7) is 0.495. The van der Waals surface area contributed by atoms with E-state index in [0.29, 0.717) is 5.56 Å². The SMILES string of the molecule is O=C(c1ccc(N2C=CCc3ccccc32)cc1)N1CCN(C(c2ccc(F)cc2)C(F)(F)F)CC1. The molecule has 1 amide bonds. The molecule has 0 bridgehead atoms. The number of hydrogen-bond donors (Lipinski definition) is 0. The van der Waals surface area contributed by atoms with E-state index in [1.165, 1.54) is 22.6 Å². The van der Waals surface area contributed by atoms with Crippen molar-refractivity contribution in [2.75, 3.05) is 31.1 Å². The molecule has 1 unspecified atom stereocenters. The molecular weight excluding hydrogens is 470 g/mol. The highest BCUT2D eigenvalue weighted by Gasteiger charge is 2.45. The second kappa shape index (κ2) is 9.78. The highest BCUT2D eigenvalue weighted by molar-refractivity contribution is 5.94. The number of halogens is 4. The average Bonchev–Trinajstić information content (AvgIpc) is 2.89. The number of alkyl halides is 3. The summed E-state index contributed by atoms with van der Waals surface area (Å²) in [5, 5.41) is 0. The van der Waals surface area contributed by atoms with Crippen LogP contribution in [0.5, 0.6) is 0 Å². The quantitative estimate of drug-likeness (QED) is 0.410. The minimum Gasteiger partial charge on any atom is -0.336 e. The van der Waals surface area contributed by atoms with Gasteiger partial charge in [0.05, 0.1) is 0 Å². The van der Waals surface area contributed by atoms with Crippen LogP contribution in [0, 0.1) is 5.82 Å². The van der Waals surface area contributed by atoms with Crippen LogP contribution in [0.25, 0.3) is 0 Å². The number of allylic oxidation sites excluding steroid dienone is 1. The largest absolute Gasteiger partial charge is 0.408 e. The molecule has 1 saturated heterocycles. The van der Waals surface area contributed by atoms with Crippen LogP contribution in [-0.2, 0) is 6.42 Å². The van der Waals surface area contributed by atoms with Gasteiger partial charge in [-0.2, -0.15) is 13.2 Å². The van der Waals surface area contributed by atoms with Gasteiger partial charge in [0, 0.05) is 49.3 Å². The summed E-state index contributed by atoms with van der Waals surface area (Å²) in [7, 11) is 0. The molecule has 3 aromatic carbocycles. The maximum atomic E-state index is 13.9. The number of benzene rings is 3. The number of fused-ring (bicyclic) bond motifs is 1. The minimum absolute atomic E-state index is 0.00685. The lowest BCUT2D eigenvalue weighted by Gasteiger charge is -2.40. The first-order chi connectivity index (χ1) is 17.3. The molecule has 1 fully saturated rings. The Bertz CT molecular complexity index is 1250. The fourth-order valence-electron chi connectivity index (χ4n) is 4.89. The first-order valence-electron chi connectivity index (χ1n) is 11.8. The van der Waals surface area contributed by atoms with Gasteiger partial charge in [0.25, 0.3) is 5.91 Å². The lowest BCUT2D eigenvalue weighted by molar-refractivity contribution is -0.189. The van der Waals surface area contributed by atoms with Gasteiger partial charge in [0.15, 0.2) is 0 Å². The number of nitrogens with zero attached hydrogens (tertiary/aromatic N) is 3. The van der Waals surface area contributed by atoms with Gasteiger partial charge in [-0.3, -0.25) is 9.69 Å². The Hall–Kier alpha value is -3.65. The zero-order chi connectivity index (χ0) is 25.3. The smallest absolute Gasteiger partial charge is 0.336 e. The second-order valence-electron chi connectivity index (χ2n) is 8.96. The first-order valence-corrected chi connectivity index (χ1v) is 11.8. The lowest BCUT2D eigenvalue weighted by Crippen LogP contribution is -2.52. The van der Waals surface area contributed by atoms with Crippen LogP contribution in [-0.4, -0.2) is 48.1 Å². The number of rotatable bonds is 4. The zero-order valence-corrected chi connectivity index (χ0v) is 19.5. The van der Waals surface area contributed by atoms with Crippen LogP contribution in [0.15, 0.2) is 85.1 Å². The van der Waals surface area contributed by atoms with Crippen molar-refractivity contribution in [3.8, 4) is 0 Å². The van der Waals surface area contributed by atoms with Crippen LogP contribution in [0.2, 0.25) is 0 Å². The first kappa shape index (κ1) is 24.1. The van der Waals surface area contributed by atoms with E-state index in [0.717, 1.165) is 29.9 Å². The topological polar surface area (TPSA) is 26.8 Å². The summed E-state index contributed by atoms with van der Waals surface area (Å²) >= 11 is 0. The molecule has 2 aliphatic heterocycles. The molecule has 36 heavy (non-hydrogen) atoms. The number of carbonyl (C=O) groups is 1. The molecule has 0 N–H and O–H groups in total. The van der Waals surface area contributed by atoms with Crippen molar-refractivity contribution in [3.05, 3.63) is 108 Å². The van der Waals surface area contributed by atoms with E-state index in [9.17, 15) is 22.4 Å². The van der Waals surface area contributed by atoms with Crippen molar-refractivity contribution in [3.63, 3.8) is 0 Å². The maximum absolute atomic E-state index is 13.9. The summed E-state index contributed by atoms with van der Waals surface area (Å²) in [5.41, 5.74) is 3.72. The molecule has 0 aromatic heterocycles. The predicted molar refractivity (Wildman–Crippen MR) is 131 cm³/mol. The Morgan fingerprint density at radius 3 is 2.17 bits per heavy atom. The molecule has 186 valence electrons. The molecule has 0 spiro atoms. The minimum atomic E-state index is -4.51. The summed E-state index contributed by atoms with van der Waals surface area (Å²) in [6.07, 6.45) is 0.449. The maximum Gasteiger partial charge on any atom is 0.408 e. The van der Waals surface area contributed by atoms with Gasteiger partial charge in [-0.25, -0.2) is 4.39 Å². The van der Waals surface area contributed by atoms with Gasteiger partial charge in [-0.1, -0.05) is 36.4 Å². The van der Waals surface area contributed by atoms with E-state index >= 15 is 0 Å². The third kappa shape index (κ3) is 4.86. The van der Waals surface area contributed by atoms with Gasteiger partial charge in [0.1, 0.15) is 11.9 Å². The third-order valence-electron chi connectivity index (χ3n) is 6.70. The highest BCUT2D eigenvalue weighted by Crippen LogP contribution is 2.38. The van der Waals surface area contributed by atoms with Gasteiger partial charge in [-0.05, 0) is 60.0 Å². The van der Waals surface area contributed by atoms with E-state index in [1.54, 1.807) is 17.0 Å². The second-order valence-corrected chi connectivity index (χ2v) is 8.96. The number of hydrogen-bond acceptors (Lipinski definition) is 3. The molecule has 1 atom stereocenters. The van der Waals surface area contributed by atoms with Gasteiger partial charge in [-0.15, -0.1) is 0 Å². The van der Waals surface area contributed by atoms with Crippen LogP contribution in [0.4, 0.5) is 28.9 Å². The molecule has 2 heterocycles. The Morgan fingerprint density at radius 2 is 1.50 bits per heavy atom. The van der Waals surface area contributed by atoms with Crippen molar-refractivity contribution in [2.45, 2.75) is 18.6 Å². The third-order valence-corrected chi connectivity index (χ3v) is 6.70. The summed E-state index contributed by atoms with van der Waals surface area (Å²) in [6, 6.07) is 18.0. The molecule has 5 rings (SSSR count). The molecule has 8 heteroatoms. The zero-order valence-electron chi connectivity index (χ0n) is 19.5. The summed E-state index contributed by atoms with van der Waals surface area (Å²) in [4.78, 5) is 18.0. The van der Waals surface area contributed by atoms with E-state index in [1.807, 2.05) is 30.5 Å². The van der Waals surface area contributed by atoms with E-state index in [4.69, 9.17) is 0 Å². The summed E-state index contributed by atoms with van der Waals surface area (Å²) in [5.74, 6) is -0.789. The van der Waals surface area contributed by atoms with Crippen molar-refractivity contribution in [1.29, 1.82) is 0 Å². The molecule has 2 aliphatic rings. The normalized spacial score (nSPS) is 17.1. The molecular formula is C28H25F4N3O. The van der Waals surface area contributed by atoms with Crippen molar-refractivity contribution in [1.82, 2.24) is 9.80 Å². The Kier molecular flexibility index (Phi) is 6.53. The highest BCUT2D eigenvalue weighted by atomic mass is 19.4. The Morgan fingerprint density at radius 1 is 0.833 bits per heavy atom. The van der Waals surface area contributed by atoms with Crippen molar-refractivity contribution >= 4 is 17.3 Å². The van der Waals surface area contributed by atoms with Crippen LogP contribution in [0.3, 0.4) is 0 Å². The van der Waals surface area contributed by atoms with Crippen LogP contribution < -0.4 is 4.90 Å². The molecule has 0 saturated carbocycles. The average molecular weight is 496 g/mol. The number of piperazine rings is 1. The van der Waals surface area contributed by atoms with Crippen LogP contribution >= 0.6 is 0 Å². The van der Waals surface area contributed by atoms with Crippen molar-refractivity contribution in [2.24, 2.45) is 0 Å². The molecule has 0 aliphatic carbocycles. The van der Waals surface area contributed by atoms with Crippen LogP contribution in [0.1, 0.15) is 27.5 Å². The number of carbonyl (C=O) groups excluding carboxylic acids is 1. The number of para-hydroxylation sites is 1. The standard InChI is InChI=1S/C28H25F4N3O/c29-23-11-7-21(8-12-23)26(28(30,31)32)33-16-18-34(19-17-33)27(36)22-9-13-24(14-10-22)35-15-3-5-20-4-1-2-6-25(20)35/h1-4,6-15,26H,5,16-19H2. The molecule has 0 radical (unpaired) electrons. The summed E-state index contributed by atoms with van der Waals surface area (Å²) < 4.78 is 54.9. The fourth-order valence-corrected chi connectivity index (χ4v) is 4.89. The predicted octanol–water partition coefficient (Wildman–Crippen LogP) is 6.10. The van der Waals surface area contributed by atoms with Gasteiger partial charge >= 0.3 is 6.18 Å². The molecule has 3 aromatic rings. The fraction of sp³-hybridized carbons (Fsp3) is 0.250.